The Hall–Kier alpha value is -1.38. The van der Waals surface area contributed by atoms with Gasteiger partial charge in [0.1, 0.15) is 16.5 Å². The molecule has 1 aliphatic heterocycles. The maximum Gasteiger partial charge on any atom is 0.211 e. The van der Waals surface area contributed by atoms with E-state index < -0.39 is 10.0 Å². The second-order valence-corrected chi connectivity index (χ2v) is 9.53. The lowest BCUT2D eigenvalue weighted by atomic mass is 9.95. The Kier molecular flexibility index (Phi) is 4.72. The summed E-state index contributed by atoms with van der Waals surface area (Å²) in [5, 5.41) is 0.896. The molecule has 0 aliphatic carbocycles. The molecule has 0 aromatic carbocycles. The van der Waals surface area contributed by atoms with Gasteiger partial charge in [0, 0.05) is 29.6 Å². The molecule has 3 rings (SSSR count). The molecule has 2 aromatic heterocycles. The summed E-state index contributed by atoms with van der Waals surface area (Å²) in [6.45, 7) is 7.01. The molecule has 130 valence electrons. The highest BCUT2D eigenvalue weighted by Gasteiger charge is 2.28. The van der Waals surface area contributed by atoms with E-state index in [9.17, 15) is 8.42 Å². The quantitative estimate of drug-likeness (QED) is 0.835. The molecule has 6 nitrogen and oxygen atoms in total. The van der Waals surface area contributed by atoms with Crippen molar-refractivity contribution in [3.8, 4) is 10.7 Å². The Balaban J connectivity index is 1.94. The Bertz CT molecular complexity index is 841. The first kappa shape index (κ1) is 17.4. The molecular formula is C16H22N4O2S2. The van der Waals surface area contributed by atoms with E-state index >= 15 is 0 Å². The van der Waals surface area contributed by atoms with Crippen molar-refractivity contribution in [1.82, 2.24) is 19.3 Å². The lowest BCUT2D eigenvalue weighted by molar-refractivity contribution is 0.314. The van der Waals surface area contributed by atoms with E-state index in [1.807, 2.05) is 19.9 Å². The van der Waals surface area contributed by atoms with Crippen molar-refractivity contribution in [3.05, 3.63) is 28.2 Å². The fourth-order valence-corrected chi connectivity index (χ4v) is 4.76. The number of hydrogen-bond donors (Lipinski definition) is 0. The van der Waals surface area contributed by atoms with Crippen molar-refractivity contribution in [3.63, 3.8) is 0 Å². The molecule has 2 aromatic rings. The van der Waals surface area contributed by atoms with Gasteiger partial charge in [0.15, 0.2) is 0 Å². The van der Waals surface area contributed by atoms with E-state index in [2.05, 4.69) is 21.9 Å². The minimum atomic E-state index is -3.16. The van der Waals surface area contributed by atoms with Gasteiger partial charge < -0.3 is 0 Å². The molecule has 1 aliphatic rings. The summed E-state index contributed by atoms with van der Waals surface area (Å²) in [7, 11) is -3.16. The summed E-state index contributed by atoms with van der Waals surface area (Å²) < 4.78 is 25.2. The number of piperidine rings is 1. The molecule has 0 spiro atoms. The highest BCUT2D eigenvalue weighted by atomic mass is 32.2. The van der Waals surface area contributed by atoms with Crippen LogP contribution in [0.5, 0.6) is 0 Å². The Morgan fingerprint density at radius 3 is 2.58 bits per heavy atom. The van der Waals surface area contributed by atoms with Gasteiger partial charge in [-0.1, -0.05) is 0 Å². The normalized spacial score (nSPS) is 19.6. The van der Waals surface area contributed by atoms with E-state index in [1.165, 1.54) is 11.1 Å². The number of thiazole rings is 1. The van der Waals surface area contributed by atoms with E-state index in [0.717, 1.165) is 34.9 Å². The smallest absolute Gasteiger partial charge is 0.211 e. The highest BCUT2D eigenvalue weighted by Crippen LogP contribution is 2.31. The topological polar surface area (TPSA) is 76.1 Å². The Morgan fingerprint density at radius 2 is 1.96 bits per heavy atom. The molecule has 0 bridgehead atoms. The number of aromatic nitrogens is 3. The predicted molar refractivity (Wildman–Crippen MR) is 95.7 cm³/mol. The zero-order valence-electron chi connectivity index (χ0n) is 14.4. The van der Waals surface area contributed by atoms with Crippen LogP contribution in [0.4, 0.5) is 0 Å². The van der Waals surface area contributed by atoms with Crippen LogP contribution in [0.1, 0.15) is 40.8 Å². The van der Waals surface area contributed by atoms with Crippen LogP contribution in [0.25, 0.3) is 10.7 Å². The summed E-state index contributed by atoms with van der Waals surface area (Å²) in [4.78, 5) is 14.9. The summed E-state index contributed by atoms with van der Waals surface area (Å²) in [5.74, 6) is 0.806. The van der Waals surface area contributed by atoms with Gasteiger partial charge in [0.25, 0.3) is 0 Å². The van der Waals surface area contributed by atoms with E-state index in [0.29, 0.717) is 18.9 Å². The highest BCUT2D eigenvalue weighted by molar-refractivity contribution is 7.88. The van der Waals surface area contributed by atoms with E-state index in [4.69, 9.17) is 0 Å². The van der Waals surface area contributed by atoms with Crippen LogP contribution in [-0.2, 0) is 10.0 Å². The fraction of sp³-hybridized carbons (Fsp3) is 0.562. The summed E-state index contributed by atoms with van der Waals surface area (Å²) >= 11 is 1.63. The number of sulfonamides is 1. The maximum absolute atomic E-state index is 11.8. The number of hydrogen-bond acceptors (Lipinski definition) is 6. The average molecular weight is 367 g/mol. The summed E-state index contributed by atoms with van der Waals surface area (Å²) in [6.07, 6.45) is 3.07. The second-order valence-electron chi connectivity index (χ2n) is 6.35. The van der Waals surface area contributed by atoms with E-state index in [-0.39, 0.29) is 5.92 Å². The third-order valence-electron chi connectivity index (χ3n) is 4.38. The maximum atomic E-state index is 11.8. The molecule has 3 heterocycles. The molecular weight excluding hydrogens is 344 g/mol. The summed E-state index contributed by atoms with van der Waals surface area (Å²) in [6, 6.07) is 1.97. The molecule has 8 heteroatoms. The SMILES string of the molecule is Cc1nc(-c2nc(C)c(C)s2)cc(C2CCCN(S(C)(=O)=O)C2)n1. The average Bonchev–Trinajstić information content (AvgIpc) is 2.85. The Labute approximate surface area is 147 Å². The van der Waals surface area contributed by atoms with Gasteiger partial charge in [-0.05, 0) is 39.7 Å². The third kappa shape index (κ3) is 3.65. The van der Waals surface area contributed by atoms with Crippen LogP contribution in [0.15, 0.2) is 6.07 Å². The first-order valence-corrected chi connectivity index (χ1v) is 10.7. The monoisotopic (exact) mass is 366 g/mol. The van der Waals surface area contributed by atoms with Gasteiger partial charge in [-0.2, -0.15) is 0 Å². The minimum absolute atomic E-state index is 0.107. The third-order valence-corrected chi connectivity index (χ3v) is 6.74. The molecule has 0 N–H and O–H groups in total. The van der Waals surface area contributed by atoms with Gasteiger partial charge >= 0.3 is 0 Å². The molecule has 0 amide bonds. The molecule has 1 saturated heterocycles. The predicted octanol–water partition coefficient (Wildman–Crippen LogP) is 2.66. The van der Waals surface area contributed by atoms with Gasteiger partial charge in [-0.15, -0.1) is 11.3 Å². The zero-order chi connectivity index (χ0) is 17.5. The second kappa shape index (κ2) is 6.50. The lowest BCUT2D eigenvalue weighted by Crippen LogP contribution is -2.38. The van der Waals surface area contributed by atoms with Gasteiger partial charge in [-0.3, -0.25) is 0 Å². The van der Waals surface area contributed by atoms with Crippen LogP contribution < -0.4 is 0 Å². The molecule has 1 fully saturated rings. The van der Waals surface area contributed by atoms with Crippen molar-refractivity contribution >= 4 is 21.4 Å². The first-order chi connectivity index (χ1) is 11.2. The molecule has 1 atom stereocenters. The van der Waals surface area contributed by atoms with Gasteiger partial charge in [0.2, 0.25) is 10.0 Å². The number of nitrogens with zero attached hydrogens (tertiary/aromatic N) is 4. The van der Waals surface area contributed by atoms with Crippen molar-refractivity contribution in [2.75, 3.05) is 19.3 Å². The number of rotatable bonds is 3. The van der Waals surface area contributed by atoms with Gasteiger partial charge in [-0.25, -0.2) is 27.7 Å². The van der Waals surface area contributed by atoms with Gasteiger partial charge in [0.05, 0.1) is 11.9 Å². The fourth-order valence-electron chi connectivity index (χ4n) is 2.98. The Morgan fingerprint density at radius 1 is 1.21 bits per heavy atom. The first-order valence-electron chi connectivity index (χ1n) is 7.99. The number of aryl methyl sites for hydroxylation is 3. The van der Waals surface area contributed by atoms with Crippen LogP contribution in [0.3, 0.4) is 0 Å². The molecule has 0 saturated carbocycles. The zero-order valence-corrected chi connectivity index (χ0v) is 16.0. The minimum Gasteiger partial charge on any atom is -0.239 e. The molecule has 1 unspecified atom stereocenters. The molecule has 0 radical (unpaired) electrons. The summed E-state index contributed by atoms with van der Waals surface area (Å²) in [5.41, 5.74) is 2.76. The van der Waals surface area contributed by atoms with Crippen LogP contribution in [-0.4, -0.2) is 47.0 Å². The van der Waals surface area contributed by atoms with Crippen LogP contribution in [0.2, 0.25) is 0 Å². The van der Waals surface area contributed by atoms with Crippen molar-refractivity contribution in [2.24, 2.45) is 0 Å². The largest absolute Gasteiger partial charge is 0.239 e. The van der Waals surface area contributed by atoms with E-state index in [1.54, 1.807) is 15.6 Å². The van der Waals surface area contributed by atoms with Crippen LogP contribution >= 0.6 is 11.3 Å². The van der Waals surface area contributed by atoms with Crippen molar-refractivity contribution in [2.45, 2.75) is 39.5 Å². The van der Waals surface area contributed by atoms with Crippen molar-refractivity contribution < 1.29 is 8.42 Å². The van der Waals surface area contributed by atoms with Crippen LogP contribution in [0, 0.1) is 20.8 Å². The lowest BCUT2D eigenvalue weighted by Gasteiger charge is -2.30. The standard InChI is InChI=1S/C16H22N4O2S2/c1-10-11(2)23-16(17-10)15-8-14(18-12(3)19-15)13-6-5-7-20(9-13)24(4,21)22/h8,13H,5-7,9H2,1-4H3. The van der Waals surface area contributed by atoms with Crippen molar-refractivity contribution in [1.29, 1.82) is 0 Å². The molecule has 24 heavy (non-hydrogen) atoms.